The van der Waals surface area contributed by atoms with E-state index in [2.05, 4.69) is 34.1 Å². The smallest absolute Gasteiger partial charge is 0.231 e. The molecule has 24 heavy (non-hydrogen) atoms. The van der Waals surface area contributed by atoms with E-state index in [0.29, 0.717) is 13.2 Å². The minimum Gasteiger partial charge on any atom is -0.374 e. The molecule has 0 saturated carbocycles. The first-order chi connectivity index (χ1) is 11.6. The van der Waals surface area contributed by atoms with Gasteiger partial charge >= 0.3 is 0 Å². The zero-order chi connectivity index (χ0) is 16.9. The van der Waals surface area contributed by atoms with E-state index < -0.39 is 0 Å². The van der Waals surface area contributed by atoms with Crippen LogP contribution in [-0.4, -0.2) is 66.6 Å². The zero-order valence-corrected chi connectivity index (χ0v) is 14.0. The average molecular weight is 328 g/mol. The Kier molecular flexibility index (Phi) is 5.40. The summed E-state index contributed by atoms with van der Waals surface area (Å²) in [4.78, 5) is 19.5. The van der Waals surface area contributed by atoms with E-state index in [1.165, 1.54) is 16.3 Å². The summed E-state index contributed by atoms with van der Waals surface area (Å²) in [5.74, 6) is -0.311. The van der Waals surface area contributed by atoms with Gasteiger partial charge in [0.15, 0.2) is 0 Å². The third-order valence-electron chi connectivity index (χ3n) is 4.33. The Hall–Kier alpha value is -2.02. The predicted octanol–water partition coefficient (Wildman–Crippen LogP) is 0.853. The molecule has 6 nitrogen and oxygen atoms in total. The lowest BCUT2D eigenvalue weighted by Crippen LogP contribution is -2.47. The van der Waals surface area contributed by atoms with Crippen LogP contribution in [0, 0.1) is 0 Å². The Bertz CT molecular complexity index is 701. The highest BCUT2D eigenvalue weighted by Gasteiger charge is 2.22. The Morgan fingerprint density at radius 1 is 1.46 bits per heavy atom. The van der Waals surface area contributed by atoms with Gasteiger partial charge in [0.1, 0.15) is 0 Å². The van der Waals surface area contributed by atoms with Crippen molar-refractivity contribution < 1.29 is 9.53 Å². The van der Waals surface area contributed by atoms with Gasteiger partial charge in [0.25, 0.3) is 0 Å². The van der Waals surface area contributed by atoms with Crippen molar-refractivity contribution in [1.82, 2.24) is 14.8 Å². The predicted molar refractivity (Wildman–Crippen MR) is 93.5 cm³/mol. The van der Waals surface area contributed by atoms with Crippen molar-refractivity contribution in [3.63, 3.8) is 0 Å². The number of hydrogen-bond acceptors (Lipinski definition) is 5. The summed E-state index contributed by atoms with van der Waals surface area (Å²) >= 11 is 0. The summed E-state index contributed by atoms with van der Waals surface area (Å²) in [6.07, 6.45) is 3.84. The Labute approximate surface area is 142 Å². The van der Waals surface area contributed by atoms with Crippen molar-refractivity contribution in [1.29, 1.82) is 0 Å². The van der Waals surface area contributed by atoms with Crippen LogP contribution in [0.1, 0.15) is 5.56 Å². The molecule has 1 amide bonds. The molecule has 2 N–H and O–H groups in total. The molecule has 0 radical (unpaired) electrons. The minimum absolute atomic E-state index is 0.0970. The summed E-state index contributed by atoms with van der Waals surface area (Å²) in [5, 5.41) is 2.42. The first-order valence-corrected chi connectivity index (χ1v) is 8.24. The van der Waals surface area contributed by atoms with Gasteiger partial charge in [-0.1, -0.05) is 18.2 Å². The van der Waals surface area contributed by atoms with Crippen LogP contribution in [-0.2, 0) is 16.1 Å². The second-order valence-corrected chi connectivity index (χ2v) is 6.40. The van der Waals surface area contributed by atoms with E-state index in [0.717, 1.165) is 19.6 Å². The molecule has 1 saturated heterocycles. The van der Waals surface area contributed by atoms with Gasteiger partial charge in [0, 0.05) is 44.0 Å². The van der Waals surface area contributed by atoms with E-state index in [9.17, 15) is 4.79 Å². The molecule has 1 fully saturated rings. The molecule has 2 heterocycles. The van der Waals surface area contributed by atoms with Crippen molar-refractivity contribution in [2.24, 2.45) is 5.73 Å². The maximum Gasteiger partial charge on any atom is 0.231 e. The number of carbonyl (C=O) groups is 1. The van der Waals surface area contributed by atoms with Crippen molar-refractivity contribution in [2.45, 2.75) is 12.6 Å². The van der Waals surface area contributed by atoms with Crippen LogP contribution in [0.25, 0.3) is 10.8 Å². The number of benzene rings is 1. The first-order valence-electron chi connectivity index (χ1n) is 8.24. The van der Waals surface area contributed by atoms with Crippen LogP contribution in [0.4, 0.5) is 0 Å². The lowest BCUT2D eigenvalue weighted by molar-refractivity contribution is -0.119. The summed E-state index contributed by atoms with van der Waals surface area (Å²) in [6, 6.07) is 8.42. The van der Waals surface area contributed by atoms with Crippen LogP contribution >= 0.6 is 0 Å². The number of hydrogen-bond donors (Lipinski definition) is 1. The quantitative estimate of drug-likeness (QED) is 0.851. The van der Waals surface area contributed by atoms with Gasteiger partial charge < -0.3 is 10.5 Å². The van der Waals surface area contributed by atoms with E-state index in [1.807, 2.05) is 24.3 Å². The van der Waals surface area contributed by atoms with Crippen LogP contribution in [0.3, 0.4) is 0 Å². The highest BCUT2D eigenvalue weighted by atomic mass is 16.5. The third-order valence-corrected chi connectivity index (χ3v) is 4.33. The van der Waals surface area contributed by atoms with Crippen LogP contribution in [0.5, 0.6) is 0 Å². The maximum atomic E-state index is 11.0. The maximum absolute atomic E-state index is 11.0. The molecule has 128 valence electrons. The number of aromatic nitrogens is 1. The van der Waals surface area contributed by atoms with E-state index in [4.69, 9.17) is 10.5 Å². The van der Waals surface area contributed by atoms with Crippen molar-refractivity contribution in [3.05, 3.63) is 42.2 Å². The number of primary amides is 1. The highest BCUT2D eigenvalue weighted by molar-refractivity contribution is 5.84. The van der Waals surface area contributed by atoms with Crippen molar-refractivity contribution >= 4 is 16.7 Å². The standard InChI is InChI=1S/C18H24N4O2/c1-21(13-18(19)23)11-16-12-22(7-8-24-16)10-15-4-2-3-14-9-20-6-5-17(14)15/h2-6,9,16H,7-8,10-13H2,1H3,(H2,19,23)/t16-/m0/s1. The number of pyridine rings is 1. The zero-order valence-electron chi connectivity index (χ0n) is 14.0. The van der Waals surface area contributed by atoms with Crippen LogP contribution < -0.4 is 5.73 Å². The number of likely N-dealkylation sites (N-methyl/N-ethyl adjacent to an activating group) is 1. The summed E-state index contributed by atoms with van der Waals surface area (Å²) in [6.45, 7) is 4.33. The first kappa shape index (κ1) is 16.8. The molecule has 3 rings (SSSR count). The largest absolute Gasteiger partial charge is 0.374 e. The van der Waals surface area contributed by atoms with Gasteiger partial charge in [-0.15, -0.1) is 0 Å². The lowest BCUT2D eigenvalue weighted by Gasteiger charge is -2.34. The average Bonchev–Trinajstić information content (AvgIpc) is 2.55. The number of fused-ring (bicyclic) bond motifs is 1. The fourth-order valence-corrected chi connectivity index (χ4v) is 3.28. The number of nitrogens with two attached hydrogens (primary N) is 1. The second-order valence-electron chi connectivity index (χ2n) is 6.40. The van der Waals surface area contributed by atoms with E-state index in [-0.39, 0.29) is 18.6 Å². The van der Waals surface area contributed by atoms with Gasteiger partial charge in [-0.25, -0.2) is 0 Å². The number of nitrogens with zero attached hydrogens (tertiary/aromatic N) is 3. The fraction of sp³-hybridized carbons (Fsp3) is 0.444. The van der Waals surface area contributed by atoms with Gasteiger partial charge in [0.05, 0.1) is 19.3 Å². The van der Waals surface area contributed by atoms with E-state index in [1.54, 1.807) is 0 Å². The van der Waals surface area contributed by atoms with Gasteiger partial charge in [-0.05, 0) is 24.1 Å². The van der Waals surface area contributed by atoms with Gasteiger partial charge in [-0.2, -0.15) is 0 Å². The highest BCUT2D eigenvalue weighted by Crippen LogP contribution is 2.20. The molecule has 1 aromatic carbocycles. The van der Waals surface area contributed by atoms with Crippen LogP contribution in [0.15, 0.2) is 36.7 Å². The minimum atomic E-state index is -0.311. The normalized spacial score (nSPS) is 19.0. The fourth-order valence-electron chi connectivity index (χ4n) is 3.28. The lowest BCUT2D eigenvalue weighted by atomic mass is 10.1. The molecule has 0 unspecified atom stereocenters. The summed E-state index contributed by atoms with van der Waals surface area (Å²) < 4.78 is 5.84. The number of ether oxygens (including phenoxy) is 1. The molecular formula is C18H24N4O2. The number of amides is 1. The van der Waals surface area contributed by atoms with Crippen LogP contribution in [0.2, 0.25) is 0 Å². The number of rotatable bonds is 6. The Morgan fingerprint density at radius 3 is 3.17 bits per heavy atom. The number of carbonyl (C=O) groups excluding carboxylic acids is 1. The molecule has 1 aliphatic rings. The molecule has 1 aromatic heterocycles. The van der Waals surface area contributed by atoms with E-state index >= 15 is 0 Å². The Morgan fingerprint density at radius 2 is 2.33 bits per heavy atom. The molecule has 6 heteroatoms. The molecule has 0 aliphatic carbocycles. The van der Waals surface area contributed by atoms with Gasteiger partial charge in [0.2, 0.25) is 5.91 Å². The topological polar surface area (TPSA) is 71.7 Å². The molecule has 2 aromatic rings. The monoisotopic (exact) mass is 328 g/mol. The molecule has 0 spiro atoms. The Balaban J connectivity index is 1.63. The summed E-state index contributed by atoms with van der Waals surface area (Å²) in [5.41, 5.74) is 6.55. The third kappa shape index (κ3) is 4.29. The van der Waals surface area contributed by atoms with Crippen molar-refractivity contribution in [2.75, 3.05) is 39.8 Å². The van der Waals surface area contributed by atoms with Gasteiger partial charge in [-0.3, -0.25) is 19.6 Å². The molecular weight excluding hydrogens is 304 g/mol. The second kappa shape index (κ2) is 7.70. The molecule has 1 aliphatic heterocycles. The molecule has 1 atom stereocenters. The summed E-state index contributed by atoms with van der Waals surface area (Å²) in [7, 11) is 1.89. The number of morpholine rings is 1. The molecule has 0 bridgehead atoms. The SMILES string of the molecule is CN(CC(N)=O)C[C@H]1CN(Cc2cccc3cnccc23)CCO1. The van der Waals surface area contributed by atoms with Crippen molar-refractivity contribution in [3.8, 4) is 0 Å².